The van der Waals surface area contributed by atoms with E-state index in [9.17, 15) is 4.79 Å². The van der Waals surface area contributed by atoms with Gasteiger partial charge < -0.3 is 15.5 Å². The zero-order valence-electron chi connectivity index (χ0n) is 13.0. The van der Waals surface area contributed by atoms with Crippen molar-refractivity contribution in [2.45, 2.75) is 46.6 Å². The zero-order chi connectivity index (χ0) is 14.2. The smallest absolute Gasteiger partial charge is 0.234 e. The normalized spacial score (nSPS) is 12.2. The minimum absolute atomic E-state index is 0.101. The molecule has 0 aromatic rings. The average Bonchev–Trinajstić information content (AvgIpc) is 2.23. The van der Waals surface area contributed by atoms with Gasteiger partial charge in [0.1, 0.15) is 0 Å². The summed E-state index contributed by atoms with van der Waals surface area (Å²) >= 11 is 0. The van der Waals surface area contributed by atoms with Crippen LogP contribution in [-0.2, 0) is 4.79 Å². The van der Waals surface area contributed by atoms with Crippen molar-refractivity contribution in [3.8, 4) is 0 Å². The number of rotatable bonds is 9. The second-order valence-electron chi connectivity index (χ2n) is 6.09. The largest absolute Gasteiger partial charge is 0.352 e. The Morgan fingerprint density at radius 2 is 1.78 bits per heavy atom. The van der Waals surface area contributed by atoms with Crippen LogP contribution in [0.25, 0.3) is 0 Å². The van der Waals surface area contributed by atoms with E-state index in [2.05, 4.69) is 57.3 Å². The maximum Gasteiger partial charge on any atom is 0.234 e. The third-order valence-corrected chi connectivity index (χ3v) is 2.98. The number of nitrogens with one attached hydrogen (secondary N) is 2. The second kappa shape index (κ2) is 8.48. The molecule has 4 heteroatoms. The maximum absolute atomic E-state index is 11.7. The Kier molecular flexibility index (Phi) is 8.20. The summed E-state index contributed by atoms with van der Waals surface area (Å²) in [7, 11) is 4.14. The Morgan fingerprint density at radius 3 is 2.22 bits per heavy atom. The average molecular weight is 257 g/mol. The summed E-state index contributed by atoms with van der Waals surface area (Å²) in [6.07, 6.45) is 1.99. The lowest BCUT2D eigenvalue weighted by molar-refractivity contribution is -0.121. The van der Waals surface area contributed by atoms with Gasteiger partial charge in [-0.2, -0.15) is 0 Å². The van der Waals surface area contributed by atoms with Crippen molar-refractivity contribution in [1.29, 1.82) is 0 Å². The Bertz CT molecular complexity index is 235. The fourth-order valence-corrected chi connectivity index (χ4v) is 2.20. The summed E-state index contributed by atoms with van der Waals surface area (Å²) in [5.41, 5.74) is 0.179. The van der Waals surface area contributed by atoms with Gasteiger partial charge in [0, 0.05) is 19.1 Å². The highest BCUT2D eigenvalue weighted by Crippen LogP contribution is 2.13. The number of nitrogens with zero attached hydrogens (tertiary/aromatic N) is 1. The molecule has 1 amide bonds. The lowest BCUT2D eigenvalue weighted by atomic mass is 9.93. The summed E-state index contributed by atoms with van der Waals surface area (Å²) in [6, 6.07) is 0.314. The lowest BCUT2D eigenvalue weighted by Gasteiger charge is -2.28. The van der Waals surface area contributed by atoms with Crippen molar-refractivity contribution in [3.63, 3.8) is 0 Å². The molecular weight excluding hydrogens is 226 g/mol. The van der Waals surface area contributed by atoms with E-state index in [0.717, 1.165) is 25.9 Å². The van der Waals surface area contributed by atoms with Crippen LogP contribution < -0.4 is 10.6 Å². The van der Waals surface area contributed by atoms with Crippen molar-refractivity contribution >= 4 is 5.91 Å². The summed E-state index contributed by atoms with van der Waals surface area (Å²) in [6.45, 7) is 10.9. The minimum atomic E-state index is 0.101. The van der Waals surface area contributed by atoms with Crippen LogP contribution in [0.2, 0.25) is 0 Å². The third-order valence-electron chi connectivity index (χ3n) is 2.98. The summed E-state index contributed by atoms with van der Waals surface area (Å²) in [5.74, 6) is 0.101. The monoisotopic (exact) mass is 257 g/mol. The van der Waals surface area contributed by atoms with Gasteiger partial charge in [-0.15, -0.1) is 0 Å². The van der Waals surface area contributed by atoms with Crippen molar-refractivity contribution in [2.75, 3.05) is 33.7 Å². The highest BCUT2D eigenvalue weighted by molar-refractivity contribution is 5.78. The summed E-state index contributed by atoms with van der Waals surface area (Å²) < 4.78 is 0. The predicted molar refractivity (Wildman–Crippen MR) is 77.7 cm³/mol. The molecule has 0 atom stereocenters. The molecule has 0 saturated heterocycles. The second-order valence-corrected chi connectivity index (χ2v) is 6.09. The van der Waals surface area contributed by atoms with E-state index in [1.807, 2.05) is 0 Å². The lowest BCUT2D eigenvalue weighted by Crippen LogP contribution is -2.44. The molecule has 0 fully saturated rings. The molecule has 2 N–H and O–H groups in total. The van der Waals surface area contributed by atoms with Gasteiger partial charge >= 0.3 is 0 Å². The summed E-state index contributed by atoms with van der Waals surface area (Å²) in [5, 5.41) is 6.28. The van der Waals surface area contributed by atoms with Crippen LogP contribution in [0, 0.1) is 5.41 Å². The molecule has 0 aliphatic carbocycles. The summed E-state index contributed by atoms with van der Waals surface area (Å²) in [4.78, 5) is 13.9. The first-order valence-electron chi connectivity index (χ1n) is 6.95. The molecule has 18 heavy (non-hydrogen) atoms. The number of carbonyl (C=O) groups is 1. The number of hydrogen-bond acceptors (Lipinski definition) is 3. The fraction of sp³-hybridized carbons (Fsp3) is 0.929. The zero-order valence-corrected chi connectivity index (χ0v) is 13.0. The molecule has 0 aliphatic heterocycles. The molecule has 0 bridgehead atoms. The van der Waals surface area contributed by atoms with Gasteiger partial charge in [0.25, 0.3) is 0 Å². The van der Waals surface area contributed by atoms with Gasteiger partial charge in [-0.1, -0.05) is 27.7 Å². The Morgan fingerprint density at radius 1 is 1.22 bits per heavy atom. The van der Waals surface area contributed by atoms with Crippen molar-refractivity contribution in [3.05, 3.63) is 0 Å². The van der Waals surface area contributed by atoms with Crippen LogP contribution in [0.1, 0.15) is 40.5 Å². The molecule has 0 aromatic heterocycles. The Hall–Kier alpha value is -0.610. The van der Waals surface area contributed by atoms with E-state index in [-0.39, 0.29) is 11.3 Å². The number of hydrogen-bond donors (Lipinski definition) is 2. The molecule has 0 saturated carbocycles. The van der Waals surface area contributed by atoms with E-state index < -0.39 is 0 Å². The van der Waals surface area contributed by atoms with Gasteiger partial charge in [-0.25, -0.2) is 0 Å². The molecule has 0 spiro atoms. The molecule has 0 radical (unpaired) electrons. The van der Waals surface area contributed by atoms with Crippen LogP contribution in [0.3, 0.4) is 0 Å². The van der Waals surface area contributed by atoms with E-state index in [1.165, 1.54) is 0 Å². The third kappa shape index (κ3) is 8.48. The number of carbonyl (C=O) groups excluding carboxylic acids is 1. The van der Waals surface area contributed by atoms with Crippen molar-refractivity contribution in [1.82, 2.24) is 15.5 Å². The van der Waals surface area contributed by atoms with Gasteiger partial charge in [-0.05, 0) is 32.4 Å². The molecule has 108 valence electrons. The van der Waals surface area contributed by atoms with Gasteiger partial charge in [0.15, 0.2) is 0 Å². The van der Waals surface area contributed by atoms with E-state index >= 15 is 0 Å². The maximum atomic E-state index is 11.7. The van der Waals surface area contributed by atoms with Crippen LogP contribution >= 0.6 is 0 Å². The first kappa shape index (κ1) is 17.4. The van der Waals surface area contributed by atoms with Gasteiger partial charge in [0.2, 0.25) is 5.91 Å². The van der Waals surface area contributed by atoms with Crippen LogP contribution in [0.15, 0.2) is 0 Å². The van der Waals surface area contributed by atoms with E-state index in [4.69, 9.17) is 0 Å². The minimum Gasteiger partial charge on any atom is -0.352 e. The van der Waals surface area contributed by atoms with Crippen LogP contribution in [0.4, 0.5) is 0 Å². The molecule has 0 rings (SSSR count). The van der Waals surface area contributed by atoms with E-state index in [0.29, 0.717) is 12.6 Å². The van der Waals surface area contributed by atoms with Crippen LogP contribution in [-0.4, -0.2) is 50.6 Å². The van der Waals surface area contributed by atoms with Crippen molar-refractivity contribution < 1.29 is 4.79 Å². The Balaban J connectivity index is 3.86. The molecule has 0 heterocycles. The molecule has 0 unspecified atom stereocenters. The highest BCUT2D eigenvalue weighted by Gasteiger charge is 2.18. The molecular formula is C14H31N3O. The van der Waals surface area contributed by atoms with Gasteiger partial charge in [0.05, 0.1) is 6.54 Å². The van der Waals surface area contributed by atoms with Crippen molar-refractivity contribution in [2.24, 2.45) is 5.41 Å². The topological polar surface area (TPSA) is 44.4 Å². The number of amides is 1. The Labute approximate surface area is 113 Å². The molecule has 4 nitrogen and oxygen atoms in total. The highest BCUT2D eigenvalue weighted by atomic mass is 16.1. The fourth-order valence-electron chi connectivity index (χ4n) is 2.20. The molecule has 0 aliphatic rings. The quantitative estimate of drug-likeness (QED) is 0.657. The molecule has 0 aromatic carbocycles. The standard InChI is InChI=1S/C14H31N3O/c1-7-12(8-2)16-13(18)9-15-10-14(3,4)11-17(5)6/h12,15H,7-11H2,1-6H3,(H,16,18). The SMILES string of the molecule is CCC(CC)NC(=O)CNCC(C)(C)CN(C)C. The first-order chi connectivity index (χ1) is 8.30. The predicted octanol–water partition coefficient (Wildman–Crippen LogP) is 1.47. The van der Waals surface area contributed by atoms with Gasteiger partial charge in [-0.3, -0.25) is 4.79 Å². The first-order valence-corrected chi connectivity index (χ1v) is 6.95. The van der Waals surface area contributed by atoms with E-state index in [1.54, 1.807) is 0 Å². The van der Waals surface area contributed by atoms with Crippen LogP contribution in [0.5, 0.6) is 0 Å².